The van der Waals surface area contributed by atoms with E-state index in [1.54, 1.807) is 0 Å². The van der Waals surface area contributed by atoms with Crippen molar-refractivity contribution in [3.8, 4) is 22.6 Å². The Balaban J connectivity index is 1.60. The molecule has 0 radical (unpaired) electrons. The number of carbonyl (C=O) groups is 1. The van der Waals surface area contributed by atoms with Gasteiger partial charge >= 0.3 is 0 Å². The average Bonchev–Trinajstić information content (AvgIpc) is 3.29. The second-order valence-corrected chi connectivity index (χ2v) is 8.87. The van der Waals surface area contributed by atoms with Gasteiger partial charge in [0.15, 0.2) is 0 Å². The molecule has 5 rings (SSSR count). The van der Waals surface area contributed by atoms with Gasteiger partial charge in [-0.1, -0.05) is 103 Å². The molecule has 0 aliphatic heterocycles. The minimum Gasteiger partial charge on any atom is -0.344 e. The van der Waals surface area contributed by atoms with Crippen LogP contribution in [0.5, 0.6) is 0 Å². The number of amides is 1. The van der Waals surface area contributed by atoms with Crippen LogP contribution < -0.4 is 5.32 Å². The van der Waals surface area contributed by atoms with Crippen molar-refractivity contribution in [2.45, 2.75) is 33.4 Å². The highest BCUT2D eigenvalue weighted by Gasteiger charge is 2.25. The largest absolute Gasteiger partial charge is 0.344 e. The maximum Gasteiger partial charge on any atom is 0.270 e. The van der Waals surface area contributed by atoms with Gasteiger partial charge in [-0.15, -0.1) is 0 Å². The predicted octanol–water partition coefficient (Wildman–Crippen LogP) is 7.19. The van der Waals surface area contributed by atoms with Crippen molar-refractivity contribution >= 4 is 16.7 Å². The van der Waals surface area contributed by atoms with Gasteiger partial charge in [0.2, 0.25) is 0 Å². The second kappa shape index (κ2) is 9.59. The lowest BCUT2D eigenvalue weighted by Crippen LogP contribution is -2.29. The summed E-state index contributed by atoms with van der Waals surface area (Å²) in [5, 5.41) is 5.58. The van der Waals surface area contributed by atoms with Crippen LogP contribution in [-0.2, 0) is 6.54 Å². The topological polar surface area (TPSA) is 46.9 Å². The molecule has 0 spiro atoms. The van der Waals surface area contributed by atoms with E-state index >= 15 is 0 Å². The Kier molecular flexibility index (Phi) is 6.19. The van der Waals surface area contributed by atoms with E-state index in [2.05, 4.69) is 55.6 Å². The van der Waals surface area contributed by atoms with E-state index in [1.165, 1.54) is 5.56 Å². The van der Waals surface area contributed by atoms with Crippen molar-refractivity contribution in [1.82, 2.24) is 14.9 Å². The third-order valence-electron chi connectivity index (χ3n) is 6.49. The summed E-state index contributed by atoms with van der Waals surface area (Å²) in [6.45, 7) is 6.78. The van der Waals surface area contributed by atoms with E-state index in [0.717, 1.165) is 33.3 Å². The Morgan fingerprint density at radius 1 is 0.857 bits per heavy atom. The summed E-state index contributed by atoms with van der Waals surface area (Å²) in [5.41, 5.74) is 5.48. The van der Waals surface area contributed by atoms with Crippen molar-refractivity contribution in [3.63, 3.8) is 0 Å². The molecule has 0 bridgehead atoms. The monoisotopic (exact) mass is 459 g/mol. The summed E-state index contributed by atoms with van der Waals surface area (Å²) in [6, 6.07) is 32.6. The standard InChI is InChI=1S/C31H29N3O/c1-4-34-29(31(35)32-22(3)26-16-10-14-23-11-8-9-15-27(23)26)28(24-19-17-21(2)18-20-24)33-30(34)25-12-6-5-7-13-25/h5-20,22H,4H2,1-3H3,(H,32,35). The van der Waals surface area contributed by atoms with Crippen LogP contribution in [0.15, 0.2) is 97.1 Å². The molecule has 0 aliphatic carbocycles. The normalized spacial score (nSPS) is 12.0. The first kappa shape index (κ1) is 22.6. The van der Waals surface area contributed by atoms with E-state index in [1.807, 2.05) is 72.2 Å². The number of carbonyl (C=O) groups excluding carboxylic acids is 1. The van der Waals surface area contributed by atoms with Gasteiger partial charge in [-0.05, 0) is 37.1 Å². The summed E-state index contributed by atoms with van der Waals surface area (Å²) in [6.07, 6.45) is 0. The Hall–Kier alpha value is -4.18. The number of benzene rings is 4. The third-order valence-corrected chi connectivity index (χ3v) is 6.49. The number of imidazole rings is 1. The summed E-state index contributed by atoms with van der Waals surface area (Å²) >= 11 is 0. The fraction of sp³-hybridized carbons (Fsp3) is 0.161. The summed E-state index contributed by atoms with van der Waals surface area (Å²) in [4.78, 5) is 18.9. The second-order valence-electron chi connectivity index (χ2n) is 8.87. The highest BCUT2D eigenvalue weighted by Crippen LogP contribution is 2.31. The lowest BCUT2D eigenvalue weighted by Gasteiger charge is -2.18. The minimum atomic E-state index is -0.167. The molecule has 0 aliphatic rings. The molecular weight excluding hydrogens is 430 g/mol. The maximum atomic E-state index is 13.9. The molecule has 1 amide bonds. The lowest BCUT2D eigenvalue weighted by molar-refractivity contribution is 0.0931. The van der Waals surface area contributed by atoms with Gasteiger partial charge in [-0.2, -0.15) is 0 Å². The molecule has 0 saturated heterocycles. The molecule has 0 saturated carbocycles. The van der Waals surface area contributed by atoms with E-state index in [9.17, 15) is 4.79 Å². The molecule has 174 valence electrons. The first-order chi connectivity index (χ1) is 17.1. The molecule has 0 fully saturated rings. The summed E-state index contributed by atoms with van der Waals surface area (Å²) in [5.74, 6) is 0.671. The van der Waals surface area contributed by atoms with Crippen LogP contribution in [0, 0.1) is 6.92 Å². The Labute approximate surface area is 206 Å². The molecule has 1 N–H and O–H groups in total. The maximum absolute atomic E-state index is 13.9. The number of hydrogen-bond acceptors (Lipinski definition) is 2. The van der Waals surface area contributed by atoms with E-state index in [4.69, 9.17) is 4.98 Å². The molecule has 5 aromatic rings. The highest BCUT2D eigenvalue weighted by molar-refractivity contribution is 6.00. The zero-order chi connectivity index (χ0) is 24.4. The van der Waals surface area contributed by atoms with Gasteiger partial charge in [0.05, 0.1) is 6.04 Å². The van der Waals surface area contributed by atoms with Gasteiger partial charge in [0.25, 0.3) is 5.91 Å². The summed E-state index contributed by atoms with van der Waals surface area (Å²) in [7, 11) is 0. The highest BCUT2D eigenvalue weighted by atomic mass is 16.2. The fourth-order valence-electron chi connectivity index (χ4n) is 4.68. The number of nitrogens with one attached hydrogen (secondary N) is 1. The Morgan fingerprint density at radius 3 is 2.29 bits per heavy atom. The van der Waals surface area contributed by atoms with Crippen LogP contribution in [0.3, 0.4) is 0 Å². The van der Waals surface area contributed by atoms with Gasteiger partial charge in [0, 0.05) is 17.7 Å². The quantitative estimate of drug-likeness (QED) is 0.292. The SMILES string of the molecule is CCn1c(-c2ccccc2)nc(-c2ccc(C)cc2)c1C(=O)NC(C)c1cccc2ccccc12. The first-order valence-corrected chi connectivity index (χ1v) is 12.1. The number of nitrogens with zero attached hydrogens (tertiary/aromatic N) is 2. The third kappa shape index (κ3) is 4.35. The van der Waals surface area contributed by atoms with Crippen LogP contribution >= 0.6 is 0 Å². The molecule has 1 unspecified atom stereocenters. The van der Waals surface area contributed by atoms with E-state index < -0.39 is 0 Å². The van der Waals surface area contributed by atoms with Gasteiger partial charge < -0.3 is 9.88 Å². The van der Waals surface area contributed by atoms with Crippen molar-refractivity contribution in [1.29, 1.82) is 0 Å². The number of aromatic nitrogens is 2. The van der Waals surface area contributed by atoms with Gasteiger partial charge in [0.1, 0.15) is 17.2 Å². The van der Waals surface area contributed by atoms with Crippen molar-refractivity contribution in [2.75, 3.05) is 0 Å². The molecule has 4 aromatic carbocycles. The van der Waals surface area contributed by atoms with Crippen LogP contribution in [0.1, 0.15) is 41.5 Å². The van der Waals surface area contributed by atoms with Crippen LogP contribution in [0.4, 0.5) is 0 Å². The predicted molar refractivity (Wildman–Crippen MR) is 143 cm³/mol. The molecule has 35 heavy (non-hydrogen) atoms. The molecule has 1 aromatic heterocycles. The molecule has 4 nitrogen and oxygen atoms in total. The molecular formula is C31H29N3O. The van der Waals surface area contributed by atoms with Crippen molar-refractivity contribution in [3.05, 3.63) is 114 Å². The van der Waals surface area contributed by atoms with Crippen LogP contribution in [-0.4, -0.2) is 15.5 Å². The Bertz CT molecular complexity index is 1480. The molecule has 4 heteroatoms. The first-order valence-electron chi connectivity index (χ1n) is 12.1. The van der Waals surface area contributed by atoms with Crippen molar-refractivity contribution in [2.24, 2.45) is 0 Å². The van der Waals surface area contributed by atoms with Crippen molar-refractivity contribution < 1.29 is 4.79 Å². The van der Waals surface area contributed by atoms with Gasteiger partial charge in [-0.3, -0.25) is 4.79 Å². The average molecular weight is 460 g/mol. The fourth-order valence-corrected chi connectivity index (χ4v) is 4.68. The number of hydrogen-bond donors (Lipinski definition) is 1. The zero-order valence-electron chi connectivity index (χ0n) is 20.3. The molecule has 1 heterocycles. The summed E-state index contributed by atoms with van der Waals surface area (Å²) < 4.78 is 2.02. The van der Waals surface area contributed by atoms with E-state index in [-0.39, 0.29) is 11.9 Å². The zero-order valence-corrected chi connectivity index (χ0v) is 20.3. The van der Waals surface area contributed by atoms with Crippen LogP contribution in [0.25, 0.3) is 33.4 Å². The van der Waals surface area contributed by atoms with Gasteiger partial charge in [-0.25, -0.2) is 4.98 Å². The smallest absolute Gasteiger partial charge is 0.270 e. The number of aryl methyl sites for hydroxylation is 1. The number of rotatable bonds is 6. The van der Waals surface area contributed by atoms with Crippen LogP contribution in [0.2, 0.25) is 0 Å². The lowest BCUT2D eigenvalue weighted by atomic mass is 9.99. The molecule has 1 atom stereocenters. The van der Waals surface area contributed by atoms with E-state index in [0.29, 0.717) is 17.9 Å². The Morgan fingerprint density at radius 2 is 1.54 bits per heavy atom. The minimum absolute atomic E-state index is 0.127. The number of fused-ring (bicyclic) bond motifs is 1.